The van der Waals surface area contributed by atoms with Gasteiger partial charge in [-0.25, -0.2) is 4.98 Å². The van der Waals surface area contributed by atoms with Crippen LogP contribution in [0.25, 0.3) is 10.2 Å². The Kier molecular flexibility index (Phi) is 3.89. The van der Waals surface area contributed by atoms with E-state index >= 15 is 0 Å². The molecule has 0 aliphatic heterocycles. The smallest absolute Gasteiger partial charge is 0.258 e. The lowest BCUT2D eigenvalue weighted by Gasteiger charge is -2.04. The zero-order chi connectivity index (χ0) is 15.9. The van der Waals surface area contributed by atoms with Crippen molar-refractivity contribution in [2.24, 2.45) is 0 Å². The van der Waals surface area contributed by atoms with Crippen molar-refractivity contribution in [2.45, 2.75) is 20.8 Å². The Morgan fingerprint density at radius 3 is 2.55 bits per heavy atom. The summed E-state index contributed by atoms with van der Waals surface area (Å²) in [5.41, 5.74) is 4.68. The number of amides is 1. The predicted octanol–water partition coefficient (Wildman–Crippen LogP) is 5.13. The molecule has 3 aromatic rings. The Balaban J connectivity index is 1.94. The minimum atomic E-state index is -0.237. The van der Waals surface area contributed by atoms with E-state index in [-0.39, 0.29) is 5.91 Å². The first kappa shape index (κ1) is 15.0. The molecule has 0 fully saturated rings. The molecule has 0 spiro atoms. The molecule has 1 N–H and O–H groups in total. The van der Waals surface area contributed by atoms with Gasteiger partial charge in [-0.3, -0.25) is 10.1 Å². The van der Waals surface area contributed by atoms with Crippen LogP contribution in [0.5, 0.6) is 0 Å². The molecule has 0 saturated heterocycles. The van der Waals surface area contributed by atoms with Crippen LogP contribution in [0.2, 0.25) is 5.02 Å². The standard InChI is InChI=1S/C17H15ClN2OS/c1-9-4-7-12(13(18)8-9)16(21)20-17-19-14-10(2)5-6-11(3)15(14)22-17/h4-8H,1-3H3,(H,19,20,21). The highest BCUT2D eigenvalue weighted by Gasteiger charge is 2.14. The molecule has 2 aromatic carbocycles. The van der Waals surface area contributed by atoms with Crippen molar-refractivity contribution < 1.29 is 4.79 Å². The fourth-order valence-corrected chi connectivity index (χ4v) is 3.61. The van der Waals surface area contributed by atoms with E-state index in [0.717, 1.165) is 26.9 Å². The fraction of sp³-hybridized carbons (Fsp3) is 0.176. The molecule has 1 aromatic heterocycles. The van der Waals surface area contributed by atoms with E-state index in [4.69, 9.17) is 11.6 Å². The molecule has 5 heteroatoms. The molecule has 1 amide bonds. The Bertz CT molecular complexity index is 847. The minimum Gasteiger partial charge on any atom is -0.298 e. The number of nitrogens with one attached hydrogen (secondary N) is 1. The van der Waals surface area contributed by atoms with Crippen molar-refractivity contribution in [2.75, 3.05) is 5.32 Å². The third-order valence-corrected chi connectivity index (χ3v) is 4.95. The van der Waals surface area contributed by atoms with Crippen LogP contribution in [0, 0.1) is 20.8 Å². The fourth-order valence-electron chi connectivity index (χ4n) is 2.28. The number of aryl methyl sites for hydroxylation is 3. The van der Waals surface area contributed by atoms with Crippen LogP contribution in [0.15, 0.2) is 30.3 Å². The van der Waals surface area contributed by atoms with E-state index in [2.05, 4.69) is 16.4 Å². The third kappa shape index (κ3) is 2.72. The van der Waals surface area contributed by atoms with Crippen molar-refractivity contribution in [3.63, 3.8) is 0 Å². The maximum absolute atomic E-state index is 12.4. The first-order valence-corrected chi connectivity index (χ1v) is 8.09. The number of rotatable bonds is 2. The van der Waals surface area contributed by atoms with Gasteiger partial charge in [-0.15, -0.1) is 0 Å². The van der Waals surface area contributed by atoms with Crippen molar-refractivity contribution >= 4 is 44.2 Å². The molecule has 0 bridgehead atoms. The van der Waals surface area contributed by atoms with E-state index in [1.165, 1.54) is 11.3 Å². The second-order valence-electron chi connectivity index (χ2n) is 5.33. The highest BCUT2D eigenvalue weighted by atomic mass is 35.5. The van der Waals surface area contributed by atoms with Crippen LogP contribution in [-0.2, 0) is 0 Å². The SMILES string of the molecule is Cc1ccc(C(=O)Nc2nc3c(C)ccc(C)c3s2)c(Cl)c1. The summed E-state index contributed by atoms with van der Waals surface area (Å²) in [7, 11) is 0. The van der Waals surface area contributed by atoms with Gasteiger partial charge in [0.25, 0.3) is 5.91 Å². The van der Waals surface area contributed by atoms with Crippen molar-refractivity contribution in [1.82, 2.24) is 4.98 Å². The van der Waals surface area contributed by atoms with Crippen LogP contribution in [0.4, 0.5) is 5.13 Å². The van der Waals surface area contributed by atoms with E-state index in [9.17, 15) is 4.79 Å². The molecule has 0 aliphatic rings. The summed E-state index contributed by atoms with van der Waals surface area (Å²) in [4.78, 5) is 16.9. The van der Waals surface area contributed by atoms with Gasteiger partial charge in [0.2, 0.25) is 0 Å². The largest absolute Gasteiger partial charge is 0.298 e. The van der Waals surface area contributed by atoms with Gasteiger partial charge in [-0.05, 0) is 49.6 Å². The lowest BCUT2D eigenvalue weighted by molar-refractivity contribution is 0.102. The molecule has 0 aliphatic carbocycles. The molecular weight excluding hydrogens is 316 g/mol. The number of carbonyl (C=O) groups excluding carboxylic acids is 1. The monoisotopic (exact) mass is 330 g/mol. The summed E-state index contributed by atoms with van der Waals surface area (Å²) in [6, 6.07) is 9.49. The summed E-state index contributed by atoms with van der Waals surface area (Å²) in [6.07, 6.45) is 0. The highest BCUT2D eigenvalue weighted by molar-refractivity contribution is 7.22. The zero-order valence-corrected chi connectivity index (χ0v) is 14.1. The number of thiazole rings is 1. The average molecular weight is 331 g/mol. The number of aromatic nitrogens is 1. The first-order valence-electron chi connectivity index (χ1n) is 6.90. The van der Waals surface area contributed by atoms with Crippen molar-refractivity contribution in [1.29, 1.82) is 0 Å². The van der Waals surface area contributed by atoms with Gasteiger partial charge in [0.1, 0.15) is 0 Å². The average Bonchev–Trinajstić information content (AvgIpc) is 2.88. The van der Waals surface area contributed by atoms with Gasteiger partial charge in [-0.2, -0.15) is 0 Å². The van der Waals surface area contributed by atoms with Crippen LogP contribution >= 0.6 is 22.9 Å². The van der Waals surface area contributed by atoms with E-state index < -0.39 is 0 Å². The van der Waals surface area contributed by atoms with E-state index in [1.807, 2.05) is 32.9 Å². The molecule has 112 valence electrons. The molecule has 0 saturated carbocycles. The van der Waals surface area contributed by atoms with Crippen LogP contribution < -0.4 is 5.32 Å². The van der Waals surface area contributed by atoms with Gasteiger partial charge in [-0.1, -0.05) is 41.1 Å². The number of halogens is 1. The highest BCUT2D eigenvalue weighted by Crippen LogP contribution is 2.31. The quantitative estimate of drug-likeness (QED) is 0.708. The third-order valence-electron chi connectivity index (χ3n) is 3.53. The number of fused-ring (bicyclic) bond motifs is 1. The van der Waals surface area contributed by atoms with Gasteiger partial charge >= 0.3 is 0 Å². The van der Waals surface area contributed by atoms with Gasteiger partial charge in [0.05, 0.1) is 20.8 Å². The van der Waals surface area contributed by atoms with E-state index in [0.29, 0.717) is 15.7 Å². The van der Waals surface area contributed by atoms with Crippen LogP contribution in [0.3, 0.4) is 0 Å². The molecule has 3 nitrogen and oxygen atoms in total. The second-order valence-corrected chi connectivity index (χ2v) is 6.74. The molecule has 0 unspecified atom stereocenters. The molecular formula is C17H15ClN2OS. The second kappa shape index (κ2) is 5.71. The van der Waals surface area contributed by atoms with Gasteiger partial charge < -0.3 is 0 Å². The summed E-state index contributed by atoms with van der Waals surface area (Å²) >= 11 is 7.63. The summed E-state index contributed by atoms with van der Waals surface area (Å²) < 4.78 is 1.10. The number of hydrogen-bond acceptors (Lipinski definition) is 3. The van der Waals surface area contributed by atoms with Crippen molar-refractivity contribution in [3.05, 3.63) is 57.6 Å². The van der Waals surface area contributed by atoms with Crippen molar-refractivity contribution in [3.8, 4) is 0 Å². The maximum Gasteiger partial charge on any atom is 0.258 e. The molecule has 1 heterocycles. The zero-order valence-electron chi connectivity index (χ0n) is 12.5. The Morgan fingerprint density at radius 2 is 1.86 bits per heavy atom. The predicted molar refractivity (Wildman–Crippen MR) is 93.2 cm³/mol. The molecule has 22 heavy (non-hydrogen) atoms. The lowest BCUT2D eigenvalue weighted by atomic mass is 10.1. The molecule has 0 radical (unpaired) electrons. The number of hydrogen-bond donors (Lipinski definition) is 1. The maximum atomic E-state index is 12.4. The number of anilines is 1. The minimum absolute atomic E-state index is 0.237. The molecule has 0 atom stereocenters. The van der Waals surface area contributed by atoms with Gasteiger partial charge in [0.15, 0.2) is 5.13 Å². The molecule has 3 rings (SSSR count). The summed E-state index contributed by atoms with van der Waals surface area (Å²) in [5.74, 6) is -0.237. The number of carbonyl (C=O) groups is 1. The normalized spacial score (nSPS) is 10.9. The van der Waals surface area contributed by atoms with Crippen LogP contribution in [-0.4, -0.2) is 10.9 Å². The number of nitrogens with zero attached hydrogens (tertiary/aromatic N) is 1. The summed E-state index contributed by atoms with van der Waals surface area (Å²) in [6.45, 7) is 6.00. The van der Waals surface area contributed by atoms with E-state index in [1.54, 1.807) is 12.1 Å². The first-order chi connectivity index (χ1) is 10.5. The lowest BCUT2D eigenvalue weighted by Crippen LogP contribution is -2.12. The van der Waals surface area contributed by atoms with Gasteiger partial charge in [0, 0.05) is 0 Å². The van der Waals surface area contributed by atoms with Crippen LogP contribution in [0.1, 0.15) is 27.0 Å². The Labute approximate surface area is 138 Å². The Hall–Kier alpha value is -1.91. The summed E-state index contributed by atoms with van der Waals surface area (Å²) in [5, 5.41) is 3.89. The number of benzene rings is 2. The Morgan fingerprint density at radius 1 is 1.14 bits per heavy atom. The topological polar surface area (TPSA) is 42.0 Å².